The fourth-order valence-corrected chi connectivity index (χ4v) is 6.68. The van der Waals surface area contributed by atoms with Crippen molar-refractivity contribution in [2.45, 2.75) is 132 Å². The molecule has 0 amide bonds. The summed E-state index contributed by atoms with van der Waals surface area (Å²) in [6.45, 7) is 23.4. The molecule has 0 saturated heterocycles. The molecule has 2 N–H and O–H groups in total. The molecule has 0 fully saturated rings. The van der Waals surface area contributed by atoms with Crippen LogP contribution in [0.2, 0.25) is 0 Å². The molecule has 0 aliphatic heterocycles. The summed E-state index contributed by atoms with van der Waals surface area (Å²) >= 11 is 0. The maximum absolute atomic E-state index is 7.08. The number of aryl methyl sites for hydroxylation is 1. The van der Waals surface area contributed by atoms with Gasteiger partial charge in [0.05, 0.1) is 0 Å². The normalized spacial score (nSPS) is 11.9. The Kier molecular flexibility index (Phi) is 9.65. The van der Waals surface area contributed by atoms with Crippen molar-refractivity contribution in [1.82, 2.24) is 0 Å². The second-order valence-corrected chi connectivity index (χ2v) is 10.2. The molecule has 1 heteroatoms. The van der Waals surface area contributed by atoms with Crippen molar-refractivity contribution in [2.24, 2.45) is 0 Å². The summed E-state index contributed by atoms with van der Waals surface area (Å²) in [4.78, 5) is 0. The van der Waals surface area contributed by atoms with Gasteiger partial charge in [0.15, 0.2) is 0 Å². The minimum atomic E-state index is 0.197. The van der Waals surface area contributed by atoms with E-state index in [-0.39, 0.29) is 5.41 Å². The maximum atomic E-state index is 7.08. The Labute approximate surface area is 205 Å². The lowest BCUT2D eigenvalue weighted by molar-refractivity contribution is 0.465. The molecule has 0 aromatic heterocycles. The summed E-state index contributed by atoms with van der Waals surface area (Å²) in [5.41, 5.74) is 23.3. The van der Waals surface area contributed by atoms with Gasteiger partial charge in [-0.05, 0) is 107 Å². The number of hydrogen-bond donors (Lipinski definition) is 1. The van der Waals surface area contributed by atoms with E-state index in [1.165, 1.54) is 51.8 Å². The van der Waals surface area contributed by atoms with Crippen LogP contribution in [0, 0.1) is 0 Å². The predicted octanol–water partition coefficient (Wildman–Crippen LogP) is 8.95. The van der Waals surface area contributed by atoms with Gasteiger partial charge in [-0.2, -0.15) is 0 Å². The van der Waals surface area contributed by atoms with Crippen molar-refractivity contribution in [3.63, 3.8) is 0 Å². The molecule has 1 nitrogen and oxygen atoms in total. The monoisotopic (exact) mass is 449 g/mol. The predicted molar refractivity (Wildman–Crippen MR) is 150 cm³/mol. The third kappa shape index (κ3) is 4.89. The van der Waals surface area contributed by atoms with E-state index in [1.807, 2.05) is 0 Å². The molecule has 0 aliphatic carbocycles. The zero-order chi connectivity index (χ0) is 24.9. The van der Waals surface area contributed by atoms with Gasteiger partial charge in [0, 0.05) is 11.3 Å². The second kappa shape index (κ2) is 11.6. The summed E-state index contributed by atoms with van der Waals surface area (Å²) in [6, 6.07) is 2.54. The minimum absolute atomic E-state index is 0.197. The maximum Gasteiger partial charge on any atom is 0.0432 e. The van der Waals surface area contributed by atoms with Crippen LogP contribution in [0.1, 0.15) is 127 Å². The van der Waals surface area contributed by atoms with Crippen LogP contribution in [-0.2, 0) is 50.4 Å². The van der Waals surface area contributed by atoms with E-state index in [0.29, 0.717) is 0 Å². The van der Waals surface area contributed by atoms with Crippen LogP contribution in [0.4, 0.5) is 5.69 Å². The fourth-order valence-electron chi connectivity index (χ4n) is 6.68. The van der Waals surface area contributed by atoms with Gasteiger partial charge >= 0.3 is 0 Å². The zero-order valence-electron chi connectivity index (χ0n) is 23.5. The molecule has 0 atom stereocenters. The van der Waals surface area contributed by atoms with E-state index in [0.717, 1.165) is 50.6 Å². The van der Waals surface area contributed by atoms with E-state index < -0.39 is 0 Å². The Morgan fingerprint density at radius 2 is 1.09 bits per heavy atom. The van der Waals surface area contributed by atoms with Crippen molar-refractivity contribution in [1.29, 1.82) is 0 Å². The molecule has 0 spiro atoms. The van der Waals surface area contributed by atoms with E-state index >= 15 is 0 Å². The van der Waals surface area contributed by atoms with E-state index in [2.05, 4.69) is 75.3 Å². The summed E-state index contributed by atoms with van der Waals surface area (Å²) in [7, 11) is 0. The number of rotatable bonds is 11. The number of nitrogens with two attached hydrogens (primary N) is 1. The van der Waals surface area contributed by atoms with Gasteiger partial charge < -0.3 is 5.73 Å². The molecule has 184 valence electrons. The van der Waals surface area contributed by atoms with Gasteiger partial charge in [-0.3, -0.25) is 0 Å². The van der Waals surface area contributed by atoms with Crippen LogP contribution in [0.3, 0.4) is 0 Å². The average molecular weight is 450 g/mol. The van der Waals surface area contributed by atoms with Crippen LogP contribution in [0.25, 0.3) is 11.1 Å². The smallest absolute Gasteiger partial charge is 0.0432 e. The quantitative estimate of drug-likeness (QED) is 0.340. The van der Waals surface area contributed by atoms with Crippen LogP contribution in [0.15, 0.2) is 6.07 Å². The average Bonchev–Trinajstić information content (AvgIpc) is 2.81. The summed E-state index contributed by atoms with van der Waals surface area (Å²) in [5.74, 6) is 0. The molecule has 2 aromatic rings. The first-order chi connectivity index (χ1) is 15.7. The zero-order valence-corrected chi connectivity index (χ0v) is 23.5. The van der Waals surface area contributed by atoms with Crippen molar-refractivity contribution >= 4 is 5.69 Å². The number of anilines is 1. The van der Waals surface area contributed by atoms with E-state index in [9.17, 15) is 0 Å². The van der Waals surface area contributed by atoms with Crippen molar-refractivity contribution in [3.8, 4) is 11.1 Å². The van der Waals surface area contributed by atoms with Crippen molar-refractivity contribution in [3.05, 3.63) is 50.6 Å². The SMILES string of the molecule is CCCC(C)(C)c1c(CC)cc(-c2c(N)c(CC)c(CC)c(CC)c2CC)c(CC)c1CC. The molecular formula is C32H51N. The lowest BCUT2D eigenvalue weighted by Gasteiger charge is -2.34. The third-order valence-electron chi connectivity index (χ3n) is 7.94. The summed E-state index contributed by atoms with van der Waals surface area (Å²) in [5, 5.41) is 0. The summed E-state index contributed by atoms with van der Waals surface area (Å²) in [6.07, 6.45) is 9.84. The van der Waals surface area contributed by atoms with Crippen molar-refractivity contribution in [2.75, 3.05) is 5.73 Å². The number of nitrogen functional groups attached to an aromatic ring is 1. The van der Waals surface area contributed by atoms with Gasteiger partial charge in [0.2, 0.25) is 0 Å². The largest absolute Gasteiger partial charge is 0.398 e. The molecule has 2 rings (SSSR count). The Hall–Kier alpha value is -1.76. The molecule has 0 saturated carbocycles. The third-order valence-corrected chi connectivity index (χ3v) is 7.94. The number of benzene rings is 2. The molecule has 2 aromatic carbocycles. The number of hydrogen-bond acceptors (Lipinski definition) is 1. The van der Waals surface area contributed by atoms with Crippen LogP contribution in [-0.4, -0.2) is 0 Å². The molecule has 0 radical (unpaired) electrons. The minimum Gasteiger partial charge on any atom is -0.398 e. The highest BCUT2D eigenvalue weighted by Gasteiger charge is 2.29. The Morgan fingerprint density at radius 1 is 0.606 bits per heavy atom. The Morgan fingerprint density at radius 3 is 1.52 bits per heavy atom. The fraction of sp³-hybridized carbons (Fsp3) is 0.625. The van der Waals surface area contributed by atoms with Crippen LogP contribution >= 0.6 is 0 Å². The van der Waals surface area contributed by atoms with Gasteiger partial charge in [-0.25, -0.2) is 0 Å². The lowest BCUT2D eigenvalue weighted by atomic mass is 9.71. The highest BCUT2D eigenvalue weighted by Crippen LogP contribution is 2.45. The topological polar surface area (TPSA) is 26.0 Å². The van der Waals surface area contributed by atoms with Crippen molar-refractivity contribution < 1.29 is 0 Å². The first-order valence-electron chi connectivity index (χ1n) is 13.9. The second-order valence-electron chi connectivity index (χ2n) is 10.2. The van der Waals surface area contributed by atoms with E-state index in [4.69, 9.17) is 5.73 Å². The van der Waals surface area contributed by atoms with Gasteiger partial charge in [-0.15, -0.1) is 0 Å². The molecular weight excluding hydrogens is 398 g/mol. The standard InChI is InChI=1S/C32H51N/c1-11-19-32(9,10)30-21(12-2)20-28(24(15-5)26(30)17-7)29-25(16-6)22(13-3)23(14-4)27(18-8)31(29)33/h20H,11-19,33H2,1-10H3. The molecule has 0 unspecified atom stereocenters. The summed E-state index contributed by atoms with van der Waals surface area (Å²) < 4.78 is 0. The first kappa shape index (κ1) is 27.5. The Bertz CT molecular complexity index is 962. The highest BCUT2D eigenvalue weighted by molar-refractivity contribution is 5.87. The molecule has 0 bridgehead atoms. The first-order valence-corrected chi connectivity index (χ1v) is 13.9. The molecule has 0 aliphatic rings. The molecule has 33 heavy (non-hydrogen) atoms. The van der Waals surface area contributed by atoms with Gasteiger partial charge in [0.1, 0.15) is 0 Å². The van der Waals surface area contributed by atoms with Crippen LogP contribution < -0.4 is 5.73 Å². The van der Waals surface area contributed by atoms with E-state index in [1.54, 1.807) is 16.7 Å². The lowest BCUT2D eigenvalue weighted by Crippen LogP contribution is -2.23. The Balaban J connectivity index is 3.11. The van der Waals surface area contributed by atoms with Crippen LogP contribution in [0.5, 0.6) is 0 Å². The molecule has 0 heterocycles. The van der Waals surface area contributed by atoms with Gasteiger partial charge in [0.25, 0.3) is 0 Å². The van der Waals surface area contributed by atoms with Gasteiger partial charge in [-0.1, -0.05) is 81.7 Å². The highest BCUT2D eigenvalue weighted by atomic mass is 14.6.